The van der Waals surface area contributed by atoms with Crippen LogP contribution in [0.2, 0.25) is 0 Å². The number of hydrogen-bond donors (Lipinski definition) is 2. The molecule has 4 N–H and O–H groups in total. The molecule has 3 fully saturated rings. The Bertz CT molecular complexity index is 1540. The van der Waals surface area contributed by atoms with Gasteiger partial charge in [-0.1, -0.05) is 32.9 Å². The lowest BCUT2D eigenvalue weighted by atomic mass is 9.75. The molecule has 0 unspecified atom stereocenters. The molecule has 1 aromatic carbocycles. The Hall–Kier alpha value is -3.12. The summed E-state index contributed by atoms with van der Waals surface area (Å²) in [6.07, 6.45) is 5.99. The number of nitrogen functional groups attached to an aromatic ring is 2. The van der Waals surface area contributed by atoms with E-state index in [1.54, 1.807) is 6.33 Å². The fourth-order valence-electron chi connectivity index (χ4n) is 7.17. The first kappa shape index (κ1) is 31.8. The quantitative estimate of drug-likeness (QED) is 0.304. The van der Waals surface area contributed by atoms with E-state index in [2.05, 4.69) is 60.5 Å². The molecule has 2 aromatic heterocycles. The van der Waals surface area contributed by atoms with E-state index < -0.39 is 12.0 Å². The van der Waals surface area contributed by atoms with Gasteiger partial charge in [0.05, 0.1) is 6.33 Å². The SMILES string of the molecule is CC(C)N(C[C@H]1O[C@@H](n2cnc3c(N)ncnc32)[C@@H]2OC(C)(C)O[C@@H]21)[C@H]1C[C@@H](CCC(=O)Cc2ccc(C(C)(C)C)cc2N)C1. The summed E-state index contributed by atoms with van der Waals surface area (Å²) in [7, 11) is 0. The highest BCUT2D eigenvalue weighted by molar-refractivity contribution is 5.82. The average molecular weight is 620 g/mol. The topological polar surface area (TPSA) is 144 Å². The van der Waals surface area contributed by atoms with E-state index in [0.29, 0.717) is 53.5 Å². The number of carbonyl (C=O) groups is 1. The van der Waals surface area contributed by atoms with Gasteiger partial charge >= 0.3 is 0 Å². The van der Waals surface area contributed by atoms with Gasteiger partial charge in [0.1, 0.15) is 35.9 Å². The fraction of sp³-hybridized carbons (Fsp3) is 0.647. The molecule has 2 saturated heterocycles. The second-order valence-electron chi connectivity index (χ2n) is 14.9. The zero-order valence-corrected chi connectivity index (χ0v) is 27.7. The second kappa shape index (κ2) is 11.9. The van der Waals surface area contributed by atoms with Crippen LogP contribution in [-0.2, 0) is 30.8 Å². The number of Topliss-reactive ketones (excluding diaryl/α,β-unsaturated/α-hetero) is 1. The van der Waals surface area contributed by atoms with Crippen LogP contribution < -0.4 is 11.5 Å². The number of benzene rings is 1. The molecule has 0 radical (unpaired) electrons. The van der Waals surface area contributed by atoms with Crippen molar-refractivity contribution >= 4 is 28.5 Å². The van der Waals surface area contributed by atoms with Crippen LogP contribution in [0.4, 0.5) is 11.5 Å². The van der Waals surface area contributed by atoms with E-state index in [4.69, 9.17) is 25.7 Å². The first-order valence-electron chi connectivity index (χ1n) is 16.3. The Labute approximate surface area is 266 Å². The van der Waals surface area contributed by atoms with Crippen molar-refractivity contribution in [2.75, 3.05) is 18.0 Å². The molecule has 4 heterocycles. The Morgan fingerprint density at radius 3 is 2.53 bits per heavy atom. The molecule has 0 amide bonds. The van der Waals surface area contributed by atoms with E-state index >= 15 is 0 Å². The first-order chi connectivity index (χ1) is 21.2. The molecule has 0 spiro atoms. The minimum Gasteiger partial charge on any atom is -0.398 e. The molecular weight excluding hydrogens is 570 g/mol. The van der Waals surface area contributed by atoms with Gasteiger partial charge in [-0.3, -0.25) is 14.3 Å². The van der Waals surface area contributed by atoms with E-state index in [1.807, 2.05) is 30.5 Å². The lowest BCUT2D eigenvalue weighted by Crippen LogP contribution is -2.52. The predicted octanol–water partition coefficient (Wildman–Crippen LogP) is 4.79. The smallest absolute Gasteiger partial charge is 0.167 e. The minimum atomic E-state index is -0.726. The number of carbonyl (C=O) groups excluding carboxylic acids is 1. The summed E-state index contributed by atoms with van der Waals surface area (Å²) >= 11 is 0. The first-order valence-corrected chi connectivity index (χ1v) is 16.3. The Morgan fingerprint density at radius 1 is 1.11 bits per heavy atom. The Balaban J connectivity index is 1.06. The average Bonchev–Trinajstić information content (AvgIpc) is 3.59. The van der Waals surface area contributed by atoms with Gasteiger partial charge in [-0.15, -0.1) is 0 Å². The van der Waals surface area contributed by atoms with E-state index in [1.165, 1.54) is 11.9 Å². The number of rotatable bonds is 10. The van der Waals surface area contributed by atoms with Crippen LogP contribution in [0.5, 0.6) is 0 Å². The van der Waals surface area contributed by atoms with Crippen molar-refractivity contribution in [1.29, 1.82) is 0 Å². The molecule has 3 aromatic rings. The third kappa shape index (κ3) is 6.45. The lowest BCUT2D eigenvalue weighted by molar-refractivity contribution is -0.199. The third-order valence-electron chi connectivity index (χ3n) is 9.75. The maximum atomic E-state index is 12.9. The minimum absolute atomic E-state index is 0.0302. The summed E-state index contributed by atoms with van der Waals surface area (Å²) in [6.45, 7) is 15.6. The van der Waals surface area contributed by atoms with Crippen LogP contribution in [0, 0.1) is 5.92 Å². The van der Waals surface area contributed by atoms with Gasteiger partial charge in [0.2, 0.25) is 0 Å². The van der Waals surface area contributed by atoms with Crippen molar-refractivity contribution in [3.8, 4) is 0 Å². The van der Waals surface area contributed by atoms with Crippen molar-refractivity contribution in [3.05, 3.63) is 42.0 Å². The van der Waals surface area contributed by atoms with E-state index in [0.717, 1.165) is 31.4 Å². The molecule has 11 heteroatoms. The van der Waals surface area contributed by atoms with Crippen molar-refractivity contribution in [2.45, 2.75) is 128 Å². The van der Waals surface area contributed by atoms with Gasteiger partial charge in [0, 0.05) is 37.2 Å². The molecular formula is C34H49N7O4. The van der Waals surface area contributed by atoms with Crippen molar-refractivity contribution in [3.63, 3.8) is 0 Å². The molecule has 6 rings (SSSR count). The number of anilines is 2. The Kier molecular flexibility index (Phi) is 8.43. The molecule has 1 saturated carbocycles. The van der Waals surface area contributed by atoms with Gasteiger partial charge in [0.15, 0.2) is 23.5 Å². The monoisotopic (exact) mass is 619 g/mol. The number of nitrogens with two attached hydrogens (primary N) is 2. The van der Waals surface area contributed by atoms with Gasteiger partial charge < -0.3 is 25.7 Å². The summed E-state index contributed by atoms with van der Waals surface area (Å²) < 4.78 is 21.4. The molecule has 2 aliphatic heterocycles. The molecule has 4 atom stereocenters. The highest BCUT2D eigenvalue weighted by Crippen LogP contribution is 2.45. The normalized spacial score (nSPS) is 27.8. The van der Waals surface area contributed by atoms with Gasteiger partial charge in [-0.05, 0) is 75.5 Å². The number of ketones is 1. The summed E-state index contributed by atoms with van der Waals surface area (Å²) in [4.78, 5) is 28.4. The van der Waals surface area contributed by atoms with Crippen LogP contribution in [0.25, 0.3) is 11.2 Å². The summed E-state index contributed by atoms with van der Waals surface area (Å²) in [5.74, 6) is 0.403. The lowest BCUT2D eigenvalue weighted by Gasteiger charge is -2.46. The highest BCUT2D eigenvalue weighted by Gasteiger charge is 2.57. The number of ether oxygens (including phenoxy) is 3. The third-order valence-corrected chi connectivity index (χ3v) is 9.75. The maximum absolute atomic E-state index is 12.9. The van der Waals surface area contributed by atoms with Crippen molar-refractivity contribution in [1.82, 2.24) is 24.4 Å². The maximum Gasteiger partial charge on any atom is 0.167 e. The molecule has 0 bridgehead atoms. The zero-order chi connectivity index (χ0) is 32.3. The molecule has 11 nitrogen and oxygen atoms in total. The van der Waals surface area contributed by atoms with Gasteiger partial charge in [-0.2, -0.15) is 0 Å². The highest BCUT2D eigenvalue weighted by atomic mass is 16.8. The molecule has 1 aliphatic carbocycles. The van der Waals surface area contributed by atoms with Crippen LogP contribution in [0.15, 0.2) is 30.9 Å². The standard InChI is InChI=1S/C34H49N7O4/c1-19(2)40(23-12-20(13-23)8-11-24(42)14-21-9-10-22(15-25(21)35)33(3,4)5)16-26-28-29(45-34(6,7)44-28)32(43-26)41-18-39-27-30(36)37-17-38-31(27)41/h9-10,15,17-20,23,26,28-29,32H,8,11-14,16,35H2,1-7H3,(H2,36,37,38)/t20-,23+,26-,28-,29-,32-/m1/s1. The van der Waals surface area contributed by atoms with Crippen LogP contribution in [-0.4, -0.2) is 72.9 Å². The van der Waals surface area contributed by atoms with Crippen LogP contribution >= 0.6 is 0 Å². The number of hydrogen-bond acceptors (Lipinski definition) is 10. The van der Waals surface area contributed by atoms with E-state index in [9.17, 15) is 4.79 Å². The summed E-state index contributed by atoms with van der Waals surface area (Å²) in [6, 6.07) is 6.90. The predicted molar refractivity (Wildman–Crippen MR) is 173 cm³/mol. The number of nitrogens with zero attached hydrogens (tertiary/aromatic N) is 5. The Morgan fingerprint density at radius 2 is 1.84 bits per heavy atom. The van der Waals surface area contributed by atoms with Crippen molar-refractivity contribution in [2.24, 2.45) is 5.92 Å². The van der Waals surface area contributed by atoms with E-state index in [-0.39, 0.29) is 29.5 Å². The number of fused-ring (bicyclic) bond motifs is 2. The molecule has 45 heavy (non-hydrogen) atoms. The fourth-order valence-corrected chi connectivity index (χ4v) is 7.17. The second-order valence-corrected chi connectivity index (χ2v) is 14.9. The number of aromatic nitrogens is 4. The molecule has 244 valence electrons. The van der Waals surface area contributed by atoms with Crippen LogP contribution in [0.1, 0.15) is 91.5 Å². The van der Waals surface area contributed by atoms with Crippen molar-refractivity contribution < 1.29 is 19.0 Å². The number of imidazole rings is 1. The largest absolute Gasteiger partial charge is 0.398 e. The summed E-state index contributed by atoms with van der Waals surface area (Å²) in [5.41, 5.74) is 16.4. The van der Waals surface area contributed by atoms with Gasteiger partial charge in [0.25, 0.3) is 0 Å². The summed E-state index contributed by atoms with van der Waals surface area (Å²) in [5, 5.41) is 0. The molecule has 3 aliphatic rings. The zero-order valence-electron chi connectivity index (χ0n) is 27.7. The van der Waals surface area contributed by atoms with Crippen LogP contribution in [0.3, 0.4) is 0 Å². The van der Waals surface area contributed by atoms with Gasteiger partial charge in [-0.25, -0.2) is 15.0 Å².